The molecule has 0 heterocycles. The smallest absolute Gasteiger partial charge is 0.322 e. The van der Waals surface area contributed by atoms with E-state index in [4.69, 9.17) is 5.73 Å². The van der Waals surface area contributed by atoms with Crippen LogP contribution < -0.4 is 11.1 Å². The predicted octanol–water partition coefficient (Wildman–Crippen LogP) is 3.69. The first-order chi connectivity index (χ1) is 11.6. The number of hydrogen-bond donors (Lipinski definition) is 2. The zero-order valence-electron chi connectivity index (χ0n) is 15.8. The number of rotatable bonds is 16. The maximum absolute atomic E-state index is 11.7. The highest BCUT2D eigenvalue weighted by Gasteiger charge is 2.12. The van der Waals surface area contributed by atoms with E-state index in [0.29, 0.717) is 19.4 Å². The van der Waals surface area contributed by atoms with E-state index in [1.807, 2.05) is 0 Å². The van der Waals surface area contributed by atoms with Gasteiger partial charge in [0.15, 0.2) is 0 Å². The molecular weight excluding hydrogens is 304 g/mol. The van der Waals surface area contributed by atoms with Crippen LogP contribution in [0.25, 0.3) is 0 Å². The highest BCUT2D eigenvalue weighted by molar-refractivity contribution is 5.76. The summed E-state index contributed by atoms with van der Waals surface area (Å²) in [6.45, 7) is 2.90. The van der Waals surface area contributed by atoms with Crippen LogP contribution in [0.3, 0.4) is 0 Å². The molecule has 0 aromatic heterocycles. The highest BCUT2D eigenvalue weighted by atomic mass is 16.5. The number of carbonyl (C=O) groups is 2. The Hall–Kier alpha value is -1.10. The SMILES string of the molecule is CCCCCCCCCCCC(=O)NCCCC[C@H](N)C(=O)OC. The van der Waals surface area contributed by atoms with Crippen LogP contribution in [0.2, 0.25) is 0 Å². The van der Waals surface area contributed by atoms with Crippen LogP contribution in [0, 0.1) is 0 Å². The number of unbranched alkanes of at least 4 members (excludes halogenated alkanes) is 9. The highest BCUT2D eigenvalue weighted by Crippen LogP contribution is 2.10. The quantitative estimate of drug-likeness (QED) is 0.331. The van der Waals surface area contributed by atoms with Gasteiger partial charge in [-0.3, -0.25) is 9.59 Å². The van der Waals surface area contributed by atoms with Gasteiger partial charge in [-0.2, -0.15) is 0 Å². The van der Waals surface area contributed by atoms with Gasteiger partial charge in [0.25, 0.3) is 0 Å². The second-order valence-corrected chi connectivity index (χ2v) is 6.55. The summed E-state index contributed by atoms with van der Waals surface area (Å²) < 4.78 is 4.57. The second-order valence-electron chi connectivity index (χ2n) is 6.55. The summed E-state index contributed by atoms with van der Waals surface area (Å²) in [6.07, 6.45) is 14.3. The summed E-state index contributed by atoms with van der Waals surface area (Å²) in [5.41, 5.74) is 5.65. The molecule has 0 saturated heterocycles. The number of carbonyl (C=O) groups excluding carboxylic acids is 2. The van der Waals surface area contributed by atoms with Crippen molar-refractivity contribution in [3.8, 4) is 0 Å². The third-order valence-corrected chi connectivity index (χ3v) is 4.28. The molecule has 1 amide bonds. The van der Waals surface area contributed by atoms with Crippen molar-refractivity contribution in [1.82, 2.24) is 5.32 Å². The van der Waals surface area contributed by atoms with E-state index >= 15 is 0 Å². The minimum Gasteiger partial charge on any atom is -0.468 e. The minimum atomic E-state index is -0.548. The number of esters is 1. The first-order valence-corrected chi connectivity index (χ1v) is 9.72. The van der Waals surface area contributed by atoms with Gasteiger partial charge in [0, 0.05) is 13.0 Å². The standard InChI is InChI=1S/C19H38N2O3/c1-3-4-5-6-7-8-9-10-11-15-18(22)21-16-13-12-14-17(20)19(23)24-2/h17H,3-16,20H2,1-2H3,(H,21,22)/t17-/m0/s1. The molecule has 0 aliphatic rings. The van der Waals surface area contributed by atoms with Gasteiger partial charge in [-0.25, -0.2) is 0 Å². The molecule has 0 fully saturated rings. The van der Waals surface area contributed by atoms with Crippen LogP contribution in [0.15, 0.2) is 0 Å². The molecule has 1 atom stereocenters. The van der Waals surface area contributed by atoms with Gasteiger partial charge in [0.05, 0.1) is 7.11 Å². The molecule has 0 saturated carbocycles. The fourth-order valence-electron chi connectivity index (χ4n) is 2.67. The monoisotopic (exact) mass is 342 g/mol. The van der Waals surface area contributed by atoms with Crippen LogP contribution in [-0.2, 0) is 14.3 Å². The number of methoxy groups -OCH3 is 1. The van der Waals surface area contributed by atoms with Gasteiger partial charge in [0.2, 0.25) is 5.91 Å². The largest absolute Gasteiger partial charge is 0.468 e. The Bertz CT molecular complexity index is 322. The third kappa shape index (κ3) is 14.5. The molecule has 0 unspecified atom stereocenters. The number of hydrogen-bond acceptors (Lipinski definition) is 4. The zero-order valence-corrected chi connectivity index (χ0v) is 15.8. The van der Waals surface area contributed by atoms with Crippen molar-refractivity contribution in [3.63, 3.8) is 0 Å². The maximum atomic E-state index is 11.7. The third-order valence-electron chi connectivity index (χ3n) is 4.28. The average Bonchev–Trinajstić information content (AvgIpc) is 2.59. The van der Waals surface area contributed by atoms with Crippen molar-refractivity contribution in [2.24, 2.45) is 5.73 Å². The Morgan fingerprint density at radius 3 is 2.08 bits per heavy atom. The van der Waals surface area contributed by atoms with Crippen molar-refractivity contribution in [3.05, 3.63) is 0 Å². The van der Waals surface area contributed by atoms with Crippen LogP contribution in [0.4, 0.5) is 0 Å². The van der Waals surface area contributed by atoms with E-state index < -0.39 is 6.04 Å². The minimum absolute atomic E-state index is 0.134. The molecule has 24 heavy (non-hydrogen) atoms. The van der Waals surface area contributed by atoms with Gasteiger partial charge in [-0.1, -0.05) is 58.3 Å². The predicted molar refractivity (Wildman–Crippen MR) is 98.7 cm³/mol. The van der Waals surface area contributed by atoms with Gasteiger partial charge in [-0.05, 0) is 25.7 Å². The fraction of sp³-hybridized carbons (Fsp3) is 0.895. The van der Waals surface area contributed by atoms with E-state index in [0.717, 1.165) is 25.7 Å². The molecule has 0 aliphatic carbocycles. The first kappa shape index (κ1) is 22.9. The molecule has 0 rings (SSSR count). The summed E-state index contributed by atoms with van der Waals surface area (Å²) in [6, 6.07) is -0.548. The van der Waals surface area contributed by atoms with Crippen LogP contribution in [0.1, 0.15) is 90.4 Å². The number of nitrogens with two attached hydrogens (primary N) is 1. The molecule has 5 heteroatoms. The molecular formula is C19H38N2O3. The summed E-state index contributed by atoms with van der Waals surface area (Å²) in [5.74, 6) is -0.236. The van der Waals surface area contributed by atoms with E-state index in [9.17, 15) is 9.59 Å². The lowest BCUT2D eigenvalue weighted by atomic mass is 10.1. The molecule has 142 valence electrons. The normalized spacial score (nSPS) is 12.0. The van der Waals surface area contributed by atoms with Crippen molar-refractivity contribution in [1.29, 1.82) is 0 Å². The first-order valence-electron chi connectivity index (χ1n) is 9.72. The van der Waals surface area contributed by atoms with Gasteiger partial charge in [-0.15, -0.1) is 0 Å². The average molecular weight is 343 g/mol. The van der Waals surface area contributed by atoms with Crippen molar-refractivity contribution >= 4 is 11.9 Å². The van der Waals surface area contributed by atoms with Crippen LogP contribution >= 0.6 is 0 Å². The van der Waals surface area contributed by atoms with Gasteiger partial charge < -0.3 is 15.8 Å². The Morgan fingerprint density at radius 1 is 0.917 bits per heavy atom. The molecule has 0 aromatic rings. The molecule has 3 N–H and O–H groups in total. The van der Waals surface area contributed by atoms with E-state index in [1.165, 1.54) is 52.1 Å². The summed E-state index contributed by atoms with van der Waals surface area (Å²) >= 11 is 0. The van der Waals surface area contributed by atoms with E-state index in [1.54, 1.807) is 0 Å². The number of amides is 1. The Balaban J connectivity index is 3.31. The number of ether oxygens (including phenoxy) is 1. The maximum Gasteiger partial charge on any atom is 0.322 e. The van der Waals surface area contributed by atoms with Crippen molar-refractivity contribution in [2.75, 3.05) is 13.7 Å². The van der Waals surface area contributed by atoms with Crippen LogP contribution in [-0.4, -0.2) is 31.6 Å². The lowest BCUT2D eigenvalue weighted by Crippen LogP contribution is -2.31. The van der Waals surface area contributed by atoms with Crippen molar-refractivity contribution in [2.45, 2.75) is 96.4 Å². The molecule has 0 bridgehead atoms. The van der Waals surface area contributed by atoms with Gasteiger partial charge >= 0.3 is 5.97 Å². The van der Waals surface area contributed by atoms with E-state index in [-0.39, 0.29) is 11.9 Å². The van der Waals surface area contributed by atoms with Crippen molar-refractivity contribution < 1.29 is 14.3 Å². The Morgan fingerprint density at radius 2 is 1.50 bits per heavy atom. The molecule has 0 aliphatic heterocycles. The van der Waals surface area contributed by atoms with E-state index in [2.05, 4.69) is 17.0 Å². The second kappa shape index (κ2) is 16.7. The van der Waals surface area contributed by atoms with Gasteiger partial charge in [0.1, 0.15) is 6.04 Å². The molecule has 0 aromatic carbocycles. The molecule has 0 radical (unpaired) electrons. The summed E-state index contributed by atoms with van der Waals surface area (Å²) in [4.78, 5) is 22.8. The number of nitrogens with one attached hydrogen (secondary N) is 1. The Kier molecular flexibility index (Phi) is 16.0. The lowest BCUT2D eigenvalue weighted by molar-refractivity contribution is -0.142. The molecule has 0 spiro atoms. The fourth-order valence-corrected chi connectivity index (χ4v) is 2.67. The topological polar surface area (TPSA) is 81.4 Å². The Labute approximate surface area is 148 Å². The summed E-state index contributed by atoms with van der Waals surface area (Å²) in [5, 5.41) is 2.93. The van der Waals surface area contributed by atoms with Crippen LogP contribution in [0.5, 0.6) is 0 Å². The molecule has 5 nitrogen and oxygen atoms in total. The lowest BCUT2D eigenvalue weighted by Gasteiger charge is -2.09. The summed E-state index contributed by atoms with van der Waals surface area (Å²) in [7, 11) is 1.34. The zero-order chi connectivity index (χ0) is 18.0.